The quantitative estimate of drug-likeness (QED) is 0.640. The van der Waals surface area contributed by atoms with E-state index in [1.165, 1.54) is 0 Å². The van der Waals surface area contributed by atoms with Crippen LogP contribution in [0, 0.1) is 0 Å². The average Bonchev–Trinajstić information content (AvgIpc) is 2.66. The van der Waals surface area contributed by atoms with Crippen molar-refractivity contribution in [2.45, 2.75) is 32.3 Å². The monoisotopic (exact) mass is 375 g/mol. The summed E-state index contributed by atoms with van der Waals surface area (Å²) >= 11 is 6.07. The number of nitrogens with one attached hydrogen (secondary N) is 1. The summed E-state index contributed by atoms with van der Waals surface area (Å²) in [5.74, 6) is 0.617. The van der Waals surface area contributed by atoms with Crippen LogP contribution in [0.25, 0.3) is 0 Å². The van der Waals surface area contributed by atoms with Crippen molar-refractivity contribution in [1.82, 2.24) is 5.32 Å². The van der Waals surface area contributed by atoms with Gasteiger partial charge in [0.05, 0.1) is 13.2 Å². The topological polar surface area (TPSA) is 47.6 Å². The molecule has 0 fully saturated rings. The zero-order valence-electron chi connectivity index (χ0n) is 15.5. The Morgan fingerprint density at radius 1 is 1.19 bits per heavy atom. The maximum absolute atomic E-state index is 12.4. The lowest BCUT2D eigenvalue weighted by molar-refractivity contribution is 0.00315. The van der Waals surface area contributed by atoms with E-state index in [1.807, 2.05) is 43.3 Å². The minimum absolute atomic E-state index is 0.157. The molecule has 1 atom stereocenters. The first kappa shape index (κ1) is 20.3. The summed E-state index contributed by atoms with van der Waals surface area (Å²) < 4.78 is 11.3. The molecular weight excluding hydrogens is 350 g/mol. The van der Waals surface area contributed by atoms with Gasteiger partial charge in [-0.15, -0.1) is 0 Å². The zero-order valence-corrected chi connectivity index (χ0v) is 16.3. The molecule has 1 N–H and O–H groups in total. The normalized spacial score (nSPS) is 13.1. The van der Waals surface area contributed by atoms with E-state index >= 15 is 0 Å². The fourth-order valence-electron chi connectivity index (χ4n) is 2.50. The van der Waals surface area contributed by atoms with Gasteiger partial charge in [0.1, 0.15) is 11.4 Å². The Hall–Kier alpha value is -2.04. The number of rotatable bonds is 9. The summed E-state index contributed by atoms with van der Waals surface area (Å²) in [4.78, 5) is 12.4. The molecule has 5 heteroatoms. The van der Waals surface area contributed by atoms with Gasteiger partial charge >= 0.3 is 0 Å². The van der Waals surface area contributed by atoms with Gasteiger partial charge < -0.3 is 14.8 Å². The molecule has 0 bridgehead atoms. The first-order chi connectivity index (χ1) is 12.5. The van der Waals surface area contributed by atoms with Crippen molar-refractivity contribution in [2.75, 3.05) is 20.3 Å². The number of halogens is 1. The molecule has 26 heavy (non-hydrogen) atoms. The molecule has 0 aliphatic heterocycles. The molecule has 0 saturated carbocycles. The minimum Gasteiger partial charge on any atom is -0.494 e. The van der Waals surface area contributed by atoms with E-state index in [-0.39, 0.29) is 5.91 Å². The van der Waals surface area contributed by atoms with Crippen LogP contribution in [0.15, 0.2) is 48.5 Å². The highest BCUT2D eigenvalue weighted by Gasteiger charge is 2.27. The van der Waals surface area contributed by atoms with E-state index in [0.717, 1.165) is 24.2 Å². The largest absolute Gasteiger partial charge is 0.494 e. The van der Waals surface area contributed by atoms with Crippen molar-refractivity contribution in [2.24, 2.45) is 0 Å². The highest BCUT2D eigenvalue weighted by Crippen LogP contribution is 2.26. The van der Waals surface area contributed by atoms with Crippen LogP contribution in [0.3, 0.4) is 0 Å². The first-order valence-electron chi connectivity index (χ1n) is 8.81. The van der Waals surface area contributed by atoms with E-state index in [4.69, 9.17) is 21.1 Å². The molecule has 140 valence electrons. The molecule has 0 spiro atoms. The van der Waals surface area contributed by atoms with Crippen molar-refractivity contribution in [3.05, 3.63) is 64.7 Å². The van der Waals surface area contributed by atoms with Crippen molar-refractivity contribution < 1.29 is 14.3 Å². The molecule has 4 nitrogen and oxygen atoms in total. The zero-order chi connectivity index (χ0) is 19.0. The second-order valence-corrected chi connectivity index (χ2v) is 6.79. The molecule has 2 rings (SSSR count). The predicted molar refractivity (Wildman–Crippen MR) is 105 cm³/mol. The first-order valence-corrected chi connectivity index (χ1v) is 9.18. The van der Waals surface area contributed by atoms with Crippen LogP contribution < -0.4 is 10.1 Å². The van der Waals surface area contributed by atoms with Crippen LogP contribution in [-0.4, -0.2) is 26.2 Å². The van der Waals surface area contributed by atoms with Gasteiger partial charge in [-0.3, -0.25) is 4.79 Å². The van der Waals surface area contributed by atoms with Crippen molar-refractivity contribution in [3.63, 3.8) is 0 Å². The van der Waals surface area contributed by atoms with Gasteiger partial charge in [-0.05, 0) is 55.3 Å². The smallest absolute Gasteiger partial charge is 0.251 e. The van der Waals surface area contributed by atoms with Gasteiger partial charge in [-0.25, -0.2) is 0 Å². The third-order valence-electron chi connectivity index (χ3n) is 4.36. The number of carbonyl (C=O) groups is 1. The van der Waals surface area contributed by atoms with Crippen LogP contribution in [0.2, 0.25) is 5.02 Å². The van der Waals surface area contributed by atoms with Gasteiger partial charge in [-0.2, -0.15) is 0 Å². The molecule has 0 aromatic heterocycles. The number of amides is 1. The van der Waals surface area contributed by atoms with Crippen molar-refractivity contribution in [3.8, 4) is 5.75 Å². The number of methoxy groups -OCH3 is 1. The maximum atomic E-state index is 12.4. The van der Waals surface area contributed by atoms with E-state index in [1.54, 1.807) is 19.2 Å². The van der Waals surface area contributed by atoms with Crippen LogP contribution in [-0.2, 0) is 10.3 Å². The van der Waals surface area contributed by atoms with Gasteiger partial charge in [-0.1, -0.05) is 37.1 Å². The summed E-state index contributed by atoms with van der Waals surface area (Å²) in [6, 6.07) is 14.6. The molecule has 2 aromatic rings. The van der Waals surface area contributed by atoms with Crippen molar-refractivity contribution in [1.29, 1.82) is 0 Å². The van der Waals surface area contributed by atoms with Crippen LogP contribution in [0.4, 0.5) is 0 Å². The number of carbonyl (C=O) groups excluding carboxylic acids is 1. The Bertz CT molecular complexity index is 717. The number of ether oxygens (including phenoxy) is 2. The van der Waals surface area contributed by atoms with E-state index in [9.17, 15) is 4.79 Å². The highest BCUT2D eigenvalue weighted by atomic mass is 35.5. The molecule has 1 amide bonds. The summed E-state index contributed by atoms with van der Waals surface area (Å²) in [7, 11) is 1.62. The fraction of sp³-hybridized carbons (Fsp3) is 0.381. The Balaban J connectivity index is 1.98. The van der Waals surface area contributed by atoms with Gasteiger partial charge in [0, 0.05) is 17.7 Å². The van der Waals surface area contributed by atoms with Crippen molar-refractivity contribution >= 4 is 17.5 Å². The Morgan fingerprint density at radius 2 is 1.92 bits per heavy atom. The van der Waals surface area contributed by atoms with Gasteiger partial charge in [0.25, 0.3) is 5.91 Å². The second kappa shape index (κ2) is 9.60. The fourth-order valence-corrected chi connectivity index (χ4v) is 2.69. The van der Waals surface area contributed by atoms with E-state index in [2.05, 4.69) is 12.2 Å². The number of hydrogen-bond donors (Lipinski definition) is 1. The van der Waals surface area contributed by atoms with Crippen LogP contribution in [0.5, 0.6) is 5.75 Å². The van der Waals surface area contributed by atoms with Gasteiger partial charge in [0.15, 0.2) is 0 Å². The molecule has 0 aliphatic carbocycles. The molecule has 0 heterocycles. The molecule has 0 radical (unpaired) electrons. The molecule has 0 saturated heterocycles. The predicted octanol–water partition coefficient (Wildman–Crippen LogP) is 4.81. The summed E-state index contributed by atoms with van der Waals surface area (Å²) in [6.07, 6.45) is 2.10. The molecule has 1 unspecified atom stereocenters. The third kappa shape index (κ3) is 5.48. The number of benzene rings is 2. The summed E-state index contributed by atoms with van der Waals surface area (Å²) in [5, 5.41) is 3.57. The maximum Gasteiger partial charge on any atom is 0.251 e. The van der Waals surface area contributed by atoms with E-state index < -0.39 is 5.60 Å². The standard InChI is InChI=1S/C21H26ClNO3/c1-4-5-13-26-19-11-9-16(10-12-19)20(24)23-15-21(2,25-3)17-7-6-8-18(22)14-17/h6-12,14H,4-5,13,15H2,1-3H3,(H,23,24). The third-order valence-corrected chi connectivity index (χ3v) is 4.59. The summed E-state index contributed by atoms with van der Waals surface area (Å²) in [5.41, 5.74) is 0.828. The molecular formula is C21H26ClNO3. The Labute approximate surface area is 160 Å². The molecule has 0 aliphatic rings. The number of unbranched alkanes of at least 4 members (excludes halogenated alkanes) is 1. The van der Waals surface area contributed by atoms with Crippen LogP contribution >= 0.6 is 11.6 Å². The average molecular weight is 376 g/mol. The second-order valence-electron chi connectivity index (χ2n) is 6.35. The van der Waals surface area contributed by atoms with Crippen LogP contribution in [0.1, 0.15) is 42.6 Å². The lowest BCUT2D eigenvalue weighted by Crippen LogP contribution is -2.40. The highest BCUT2D eigenvalue weighted by molar-refractivity contribution is 6.30. The lowest BCUT2D eigenvalue weighted by atomic mass is 9.95. The number of hydrogen-bond acceptors (Lipinski definition) is 3. The van der Waals surface area contributed by atoms with E-state index in [0.29, 0.717) is 23.7 Å². The molecule has 2 aromatic carbocycles. The summed E-state index contributed by atoms with van der Waals surface area (Å²) in [6.45, 7) is 5.06. The Kier molecular flexibility index (Phi) is 7.49. The minimum atomic E-state index is -0.663. The van der Waals surface area contributed by atoms with Gasteiger partial charge in [0.2, 0.25) is 0 Å². The Morgan fingerprint density at radius 3 is 2.54 bits per heavy atom. The lowest BCUT2D eigenvalue weighted by Gasteiger charge is -2.29. The SMILES string of the molecule is CCCCOc1ccc(C(=O)NCC(C)(OC)c2cccc(Cl)c2)cc1.